The molecule has 2 aromatic rings. The molecular weight excluding hydrogens is 311 g/mol. The Labute approximate surface area is 130 Å². The van der Waals surface area contributed by atoms with Gasteiger partial charge in [0.05, 0.1) is 0 Å². The largest absolute Gasteiger partial charge is 0.573 e. The molecule has 1 aliphatic rings. The zero-order valence-electron chi connectivity index (χ0n) is 12.2. The summed E-state index contributed by atoms with van der Waals surface area (Å²) in [6, 6.07) is 5.19. The Hall–Kier alpha value is -2.35. The lowest BCUT2D eigenvalue weighted by Gasteiger charge is -2.08. The van der Waals surface area contributed by atoms with Gasteiger partial charge >= 0.3 is 6.36 Å². The van der Waals surface area contributed by atoms with Gasteiger partial charge in [-0.3, -0.25) is 5.32 Å². The van der Waals surface area contributed by atoms with Crippen LogP contribution in [0.1, 0.15) is 25.3 Å². The number of hydrogen-bond acceptors (Lipinski definition) is 5. The third kappa shape index (κ3) is 3.70. The zero-order valence-corrected chi connectivity index (χ0v) is 12.2. The van der Waals surface area contributed by atoms with Gasteiger partial charge in [-0.15, -0.1) is 13.2 Å². The van der Waals surface area contributed by atoms with Crippen LogP contribution < -0.4 is 10.1 Å². The second-order valence-electron chi connectivity index (χ2n) is 5.07. The number of halogens is 3. The fourth-order valence-corrected chi connectivity index (χ4v) is 2.28. The maximum absolute atomic E-state index is 12.1. The van der Waals surface area contributed by atoms with Gasteiger partial charge < -0.3 is 9.26 Å². The Bertz CT molecular complexity index is 708. The summed E-state index contributed by atoms with van der Waals surface area (Å²) >= 11 is 0. The van der Waals surface area contributed by atoms with Gasteiger partial charge in [0.15, 0.2) is 0 Å². The van der Waals surface area contributed by atoms with Crippen molar-refractivity contribution in [2.75, 3.05) is 6.54 Å². The quantitative estimate of drug-likeness (QED) is 0.870. The van der Waals surface area contributed by atoms with Crippen LogP contribution in [-0.4, -0.2) is 23.0 Å². The molecule has 0 fully saturated rings. The third-order valence-corrected chi connectivity index (χ3v) is 3.46. The molecule has 122 valence electrons. The topological polar surface area (TPSA) is 60.2 Å². The van der Waals surface area contributed by atoms with Crippen LogP contribution in [0.5, 0.6) is 5.75 Å². The molecule has 1 atom stereocenters. The summed E-state index contributed by atoms with van der Waals surface area (Å²) in [6.45, 7) is 2.85. The molecule has 1 aliphatic heterocycles. The van der Waals surface area contributed by atoms with Crippen molar-refractivity contribution in [3.8, 4) is 17.1 Å². The minimum Gasteiger partial charge on any atom is -0.406 e. The van der Waals surface area contributed by atoms with Crippen molar-refractivity contribution in [2.45, 2.75) is 25.7 Å². The van der Waals surface area contributed by atoms with E-state index in [-0.39, 0.29) is 11.8 Å². The predicted molar refractivity (Wildman–Crippen MR) is 75.5 cm³/mol. The summed E-state index contributed by atoms with van der Waals surface area (Å²) in [5, 5.41) is 7.11. The first-order chi connectivity index (χ1) is 10.9. The Kier molecular flexibility index (Phi) is 4.08. The second-order valence-corrected chi connectivity index (χ2v) is 5.07. The van der Waals surface area contributed by atoms with E-state index in [1.165, 1.54) is 29.8 Å². The number of hydrogen-bond donors (Lipinski definition) is 1. The Morgan fingerprint density at radius 1 is 1.30 bits per heavy atom. The number of aromatic nitrogens is 2. The molecule has 1 N–H and O–H groups in total. The highest BCUT2D eigenvalue weighted by molar-refractivity contribution is 5.55. The minimum absolute atomic E-state index is 0.126. The van der Waals surface area contributed by atoms with Crippen molar-refractivity contribution in [3.05, 3.63) is 41.8 Å². The number of benzene rings is 1. The maximum Gasteiger partial charge on any atom is 0.573 e. The molecular formula is C15H14F3N3O2. The van der Waals surface area contributed by atoms with E-state index in [1.807, 2.05) is 6.08 Å². The summed E-state index contributed by atoms with van der Waals surface area (Å²) in [4.78, 5) is 4.29. The molecule has 8 heteroatoms. The molecule has 0 amide bonds. The standard InChI is InChI=1S/C15H14F3N3O2/c1-2-9-7-12(19-8-9)14-20-13(21-23-14)10-3-5-11(6-4-10)22-15(16,17)18/h3-7,12,19H,2,8H2,1H3. The van der Waals surface area contributed by atoms with Crippen LogP contribution in [0.3, 0.4) is 0 Å². The fourth-order valence-electron chi connectivity index (χ4n) is 2.28. The van der Waals surface area contributed by atoms with Gasteiger partial charge in [0.2, 0.25) is 11.7 Å². The molecule has 5 nitrogen and oxygen atoms in total. The lowest BCUT2D eigenvalue weighted by molar-refractivity contribution is -0.274. The van der Waals surface area contributed by atoms with Crippen LogP contribution in [0.25, 0.3) is 11.4 Å². The average molecular weight is 325 g/mol. The van der Waals surface area contributed by atoms with Crippen LogP contribution in [0.2, 0.25) is 0 Å². The van der Waals surface area contributed by atoms with Gasteiger partial charge in [-0.2, -0.15) is 4.98 Å². The summed E-state index contributed by atoms with van der Waals surface area (Å²) in [6.07, 6.45) is -1.72. The van der Waals surface area contributed by atoms with Gasteiger partial charge in [-0.1, -0.05) is 23.7 Å². The van der Waals surface area contributed by atoms with Gasteiger partial charge in [-0.05, 0) is 30.7 Å². The molecule has 3 rings (SSSR count). The van der Waals surface area contributed by atoms with E-state index >= 15 is 0 Å². The lowest BCUT2D eigenvalue weighted by Crippen LogP contribution is -2.16. The molecule has 1 unspecified atom stereocenters. The van der Waals surface area contributed by atoms with E-state index in [2.05, 4.69) is 27.1 Å². The van der Waals surface area contributed by atoms with E-state index in [0.29, 0.717) is 17.3 Å². The Morgan fingerprint density at radius 3 is 2.65 bits per heavy atom. The van der Waals surface area contributed by atoms with E-state index in [9.17, 15) is 13.2 Å². The number of nitrogens with zero attached hydrogens (tertiary/aromatic N) is 2. The van der Waals surface area contributed by atoms with Crippen LogP contribution in [0.15, 0.2) is 40.4 Å². The summed E-state index contributed by atoms with van der Waals surface area (Å²) < 4.78 is 45.4. The van der Waals surface area contributed by atoms with Gasteiger partial charge in [0.25, 0.3) is 0 Å². The molecule has 1 aromatic carbocycles. The molecule has 0 saturated heterocycles. The van der Waals surface area contributed by atoms with E-state index in [4.69, 9.17) is 4.52 Å². The highest BCUT2D eigenvalue weighted by Gasteiger charge is 2.31. The molecule has 0 saturated carbocycles. The monoisotopic (exact) mass is 325 g/mol. The first-order valence-corrected chi connectivity index (χ1v) is 7.07. The van der Waals surface area contributed by atoms with Crippen molar-refractivity contribution >= 4 is 0 Å². The number of nitrogens with one attached hydrogen (secondary N) is 1. The molecule has 0 bridgehead atoms. The number of ether oxygens (including phenoxy) is 1. The van der Waals surface area contributed by atoms with Crippen molar-refractivity contribution in [1.82, 2.24) is 15.5 Å². The molecule has 0 spiro atoms. The molecule has 23 heavy (non-hydrogen) atoms. The van der Waals surface area contributed by atoms with E-state index in [0.717, 1.165) is 13.0 Å². The summed E-state index contributed by atoms with van der Waals surface area (Å²) in [5.41, 5.74) is 1.82. The highest BCUT2D eigenvalue weighted by Crippen LogP contribution is 2.27. The fraction of sp³-hybridized carbons (Fsp3) is 0.333. The van der Waals surface area contributed by atoms with Crippen molar-refractivity contribution in [3.63, 3.8) is 0 Å². The normalized spacial score (nSPS) is 18.1. The average Bonchev–Trinajstić information content (AvgIpc) is 3.15. The first-order valence-electron chi connectivity index (χ1n) is 7.07. The minimum atomic E-state index is -4.71. The molecule has 2 heterocycles. The predicted octanol–water partition coefficient (Wildman–Crippen LogP) is 3.62. The van der Waals surface area contributed by atoms with Crippen molar-refractivity contribution in [2.24, 2.45) is 0 Å². The smallest absolute Gasteiger partial charge is 0.406 e. The van der Waals surface area contributed by atoms with Crippen molar-refractivity contribution in [1.29, 1.82) is 0 Å². The molecule has 0 radical (unpaired) electrons. The summed E-state index contributed by atoms with van der Waals surface area (Å²) in [7, 11) is 0. The molecule has 1 aromatic heterocycles. The molecule has 0 aliphatic carbocycles. The number of rotatable bonds is 4. The Morgan fingerprint density at radius 2 is 2.04 bits per heavy atom. The maximum atomic E-state index is 12.1. The van der Waals surface area contributed by atoms with Crippen LogP contribution in [0.4, 0.5) is 13.2 Å². The second kappa shape index (κ2) is 6.04. The van der Waals surface area contributed by atoms with Crippen LogP contribution in [0, 0.1) is 0 Å². The van der Waals surface area contributed by atoms with Gasteiger partial charge in [0, 0.05) is 12.1 Å². The highest BCUT2D eigenvalue weighted by atomic mass is 19.4. The van der Waals surface area contributed by atoms with Crippen LogP contribution >= 0.6 is 0 Å². The van der Waals surface area contributed by atoms with Gasteiger partial charge in [-0.25, -0.2) is 0 Å². The summed E-state index contributed by atoms with van der Waals surface area (Å²) in [5.74, 6) is 0.454. The Balaban J connectivity index is 1.74. The van der Waals surface area contributed by atoms with Crippen LogP contribution in [-0.2, 0) is 0 Å². The SMILES string of the molecule is CCC1=CC(c2nc(-c3ccc(OC(F)(F)F)cc3)no2)NC1. The van der Waals surface area contributed by atoms with E-state index in [1.54, 1.807) is 0 Å². The van der Waals surface area contributed by atoms with Crippen molar-refractivity contribution < 1.29 is 22.4 Å². The zero-order chi connectivity index (χ0) is 16.4. The van der Waals surface area contributed by atoms with E-state index < -0.39 is 6.36 Å². The number of alkyl halides is 3. The lowest BCUT2D eigenvalue weighted by atomic mass is 10.2. The first kappa shape index (κ1) is 15.5. The van der Waals surface area contributed by atoms with Gasteiger partial charge in [0.1, 0.15) is 11.8 Å². The third-order valence-electron chi connectivity index (χ3n) is 3.46.